The second-order valence-corrected chi connectivity index (χ2v) is 12.2. The van der Waals surface area contributed by atoms with Crippen molar-refractivity contribution in [1.29, 1.82) is 0 Å². The van der Waals surface area contributed by atoms with E-state index in [9.17, 15) is 23.1 Å². The molecule has 1 N–H and O–H groups in total. The summed E-state index contributed by atoms with van der Waals surface area (Å²) in [7, 11) is 1.65. The van der Waals surface area contributed by atoms with Gasteiger partial charge in [-0.1, -0.05) is 19.1 Å². The molecular weight excluding hydrogens is 617 g/mol. The van der Waals surface area contributed by atoms with Crippen LogP contribution in [0.5, 0.6) is 11.5 Å². The summed E-state index contributed by atoms with van der Waals surface area (Å²) in [4.78, 5) is 17.1. The van der Waals surface area contributed by atoms with Gasteiger partial charge in [0.2, 0.25) is 0 Å². The van der Waals surface area contributed by atoms with Crippen LogP contribution in [0.15, 0.2) is 82.1 Å². The molecule has 0 amide bonds. The van der Waals surface area contributed by atoms with E-state index in [-0.39, 0.29) is 0 Å². The molecule has 46 heavy (non-hydrogen) atoms. The van der Waals surface area contributed by atoms with Crippen LogP contribution < -0.4 is 14.4 Å². The van der Waals surface area contributed by atoms with Gasteiger partial charge in [-0.3, -0.25) is 4.90 Å². The first-order valence-corrected chi connectivity index (χ1v) is 16.1. The van der Waals surface area contributed by atoms with E-state index in [2.05, 4.69) is 21.9 Å². The number of halogens is 3. The van der Waals surface area contributed by atoms with Crippen molar-refractivity contribution in [2.24, 2.45) is 0 Å². The minimum atomic E-state index is -4.41. The highest BCUT2D eigenvalue weighted by Gasteiger charge is 2.30. The molecule has 1 aliphatic heterocycles. The Kier molecular flexibility index (Phi) is 10.5. The molecule has 0 aliphatic carbocycles. The Hall–Kier alpha value is -4.09. The van der Waals surface area contributed by atoms with E-state index in [1.165, 1.54) is 12.1 Å². The first-order chi connectivity index (χ1) is 22.0. The van der Waals surface area contributed by atoms with Gasteiger partial charge in [0.05, 0.1) is 19.2 Å². The molecule has 0 spiro atoms. The number of nitrogens with zero attached hydrogens (tertiary/aromatic N) is 2. The van der Waals surface area contributed by atoms with Crippen LogP contribution >= 0.6 is 11.8 Å². The van der Waals surface area contributed by atoms with E-state index in [4.69, 9.17) is 13.9 Å². The van der Waals surface area contributed by atoms with Gasteiger partial charge in [0.15, 0.2) is 6.10 Å². The number of thioether (sulfide) groups is 1. The number of aliphatic carboxylic acids is 1. The molecule has 1 fully saturated rings. The predicted molar refractivity (Wildman–Crippen MR) is 173 cm³/mol. The minimum Gasteiger partial charge on any atom is -0.497 e. The smallest absolute Gasteiger partial charge is 0.416 e. The van der Waals surface area contributed by atoms with Crippen LogP contribution in [0.3, 0.4) is 0 Å². The van der Waals surface area contributed by atoms with Crippen molar-refractivity contribution in [3.63, 3.8) is 0 Å². The number of carboxylic acid groups (broad SMARTS) is 1. The number of aryl methyl sites for hydroxylation is 1. The SMILES string of the molecule is CCC(Oc1ccc(SCc2cc(-c3ccc(C(F)(F)F)cc3)oc2CN2CCN(c3ccc(OC)cc3)CC2)cc1C)C(=O)O. The van der Waals surface area contributed by atoms with Crippen LogP contribution in [0.1, 0.15) is 35.8 Å². The highest BCUT2D eigenvalue weighted by molar-refractivity contribution is 7.98. The first kappa shape index (κ1) is 33.3. The number of rotatable bonds is 12. The fourth-order valence-electron chi connectivity index (χ4n) is 5.32. The Balaban J connectivity index is 1.31. The lowest BCUT2D eigenvalue weighted by molar-refractivity contribution is -0.145. The number of furan rings is 1. The van der Waals surface area contributed by atoms with Gasteiger partial charge in [-0.2, -0.15) is 13.2 Å². The fraction of sp³-hybridized carbons (Fsp3) is 0.343. The average molecular weight is 655 g/mol. The zero-order valence-corrected chi connectivity index (χ0v) is 26.8. The Morgan fingerprint density at radius 3 is 2.28 bits per heavy atom. The molecule has 5 rings (SSSR count). The monoisotopic (exact) mass is 654 g/mol. The van der Waals surface area contributed by atoms with Gasteiger partial charge in [0.1, 0.15) is 23.0 Å². The van der Waals surface area contributed by atoms with Gasteiger partial charge in [0.25, 0.3) is 0 Å². The third-order valence-electron chi connectivity index (χ3n) is 8.03. The van der Waals surface area contributed by atoms with Crippen molar-refractivity contribution in [3.05, 3.63) is 95.2 Å². The quantitative estimate of drug-likeness (QED) is 0.154. The van der Waals surface area contributed by atoms with Crippen LogP contribution in [0.25, 0.3) is 11.3 Å². The van der Waals surface area contributed by atoms with Gasteiger partial charge in [-0.05, 0) is 79.6 Å². The minimum absolute atomic E-state index is 0.354. The van der Waals surface area contributed by atoms with Crippen LogP contribution in [0.2, 0.25) is 0 Å². The van der Waals surface area contributed by atoms with Crippen molar-refractivity contribution in [3.8, 4) is 22.8 Å². The molecule has 3 aromatic carbocycles. The van der Waals surface area contributed by atoms with Crippen molar-refractivity contribution in [2.75, 3.05) is 38.2 Å². The third kappa shape index (κ3) is 8.19. The molecule has 4 aromatic rings. The molecule has 1 aliphatic rings. The number of anilines is 1. The number of carboxylic acids is 1. The Morgan fingerprint density at radius 2 is 1.70 bits per heavy atom. The molecular formula is C35H37F3N2O5S. The maximum Gasteiger partial charge on any atom is 0.416 e. The Morgan fingerprint density at radius 1 is 1.00 bits per heavy atom. The molecule has 1 unspecified atom stereocenters. The first-order valence-electron chi connectivity index (χ1n) is 15.1. The molecule has 0 radical (unpaired) electrons. The molecule has 1 atom stereocenters. The summed E-state index contributed by atoms with van der Waals surface area (Å²) < 4.78 is 56.8. The summed E-state index contributed by atoms with van der Waals surface area (Å²) in [6, 6.07) is 20.6. The van der Waals surface area contributed by atoms with Crippen LogP contribution in [0.4, 0.5) is 18.9 Å². The molecule has 1 saturated heterocycles. The lowest BCUT2D eigenvalue weighted by atomic mass is 10.1. The summed E-state index contributed by atoms with van der Waals surface area (Å²) in [6.07, 6.45) is -4.97. The van der Waals surface area contributed by atoms with Gasteiger partial charge in [-0.25, -0.2) is 4.79 Å². The molecule has 2 heterocycles. The Bertz CT molecular complexity index is 1610. The number of methoxy groups -OCH3 is 1. The molecule has 11 heteroatoms. The molecule has 0 bridgehead atoms. The number of piperazine rings is 1. The lowest BCUT2D eigenvalue weighted by Crippen LogP contribution is -2.46. The molecule has 1 aromatic heterocycles. The number of alkyl halides is 3. The molecule has 244 valence electrons. The van der Waals surface area contributed by atoms with E-state index in [1.54, 1.807) is 31.9 Å². The van der Waals surface area contributed by atoms with Crippen LogP contribution in [-0.2, 0) is 23.3 Å². The van der Waals surface area contributed by atoms with Gasteiger partial charge in [-0.15, -0.1) is 11.8 Å². The topological polar surface area (TPSA) is 75.4 Å². The standard InChI is InChI=1S/C35H37F3N2O5S/c1-4-30(34(41)42)44-31-14-13-29(19-23(31)2)46-22-25-20-32(24-5-7-26(8-6-24)35(36,37)38)45-33(25)21-39-15-17-40(18-16-39)27-9-11-28(43-3)12-10-27/h5-14,19-20,30H,4,15-18,21-22H2,1-3H3,(H,41,42). The number of hydrogen-bond donors (Lipinski definition) is 1. The molecule has 0 saturated carbocycles. The largest absolute Gasteiger partial charge is 0.497 e. The van der Waals surface area contributed by atoms with E-state index in [1.807, 2.05) is 37.3 Å². The van der Waals surface area contributed by atoms with Crippen molar-refractivity contribution in [2.45, 2.75) is 49.7 Å². The van der Waals surface area contributed by atoms with Crippen LogP contribution in [-0.4, -0.2) is 55.4 Å². The van der Waals surface area contributed by atoms with Crippen LogP contribution in [0, 0.1) is 6.92 Å². The summed E-state index contributed by atoms with van der Waals surface area (Å²) >= 11 is 1.60. The highest BCUT2D eigenvalue weighted by Crippen LogP contribution is 2.35. The van der Waals surface area contributed by atoms with E-state index >= 15 is 0 Å². The van der Waals surface area contributed by atoms with Gasteiger partial charge >= 0.3 is 12.1 Å². The van der Waals surface area contributed by atoms with E-state index in [0.29, 0.717) is 35.8 Å². The fourth-order valence-corrected chi connectivity index (χ4v) is 6.31. The maximum atomic E-state index is 13.2. The van der Waals surface area contributed by atoms with Crippen molar-refractivity contribution in [1.82, 2.24) is 4.90 Å². The van der Waals surface area contributed by atoms with E-state index in [0.717, 1.165) is 71.5 Å². The lowest BCUT2D eigenvalue weighted by Gasteiger charge is -2.35. The predicted octanol–water partition coefficient (Wildman–Crippen LogP) is 8.14. The number of carbonyl (C=O) groups is 1. The highest BCUT2D eigenvalue weighted by atomic mass is 32.2. The zero-order valence-electron chi connectivity index (χ0n) is 26.0. The summed E-state index contributed by atoms with van der Waals surface area (Å²) in [5.74, 6) is 2.23. The normalized spacial score (nSPS) is 14.7. The average Bonchev–Trinajstić information content (AvgIpc) is 3.45. The maximum absolute atomic E-state index is 13.2. The number of ether oxygens (including phenoxy) is 2. The van der Waals surface area contributed by atoms with Crippen molar-refractivity contribution >= 4 is 23.4 Å². The summed E-state index contributed by atoms with van der Waals surface area (Å²) in [6.45, 7) is 7.56. The Labute approximate surface area is 270 Å². The van der Waals surface area contributed by atoms with Gasteiger partial charge in [0, 0.05) is 53.6 Å². The van der Waals surface area contributed by atoms with Gasteiger partial charge < -0.3 is 23.9 Å². The second-order valence-electron chi connectivity index (χ2n) is 11.2. The second kappa shape index (κ2) is 14.6. The summed E-state index contributed by atoms with van der Waals surface area (Å²) in [5, 5.41) is 9.35. The number of hydrogen-bond acceptors (Lipinski definition) is 7. The zero-order chi connectivity index (χ0) is 32.8. The number of benzene rings is 3. The third-order valence-corrected chi connectivity index (χ3v) is 9.07. The van der Waals surface area contributed by atoms with Crippen molar-refractivity contribution < 1.29 is 37.0 Å². The molecule has 7 nitrogen and oxygen atoms in total. The van der Waals surface area contributed by atoms with E-state index < -0.39 is 23.8 Å². The summed E-state index contributed by atoms with van der Waals surface area (Å²) in [5.41, 5.74) is 2.81.